The van der Waals surface area contributed by atoms with Crippen LogP contribution in [0.2, 0.25) is 0 Å². The van der Waals surface area contributed by atoms with Crippen LogP contribution in [0, 0.1) is 10.1 Å². The van der Waals surface area contributed by atoms with Gasteiger partial charge in [-0.2, -0.15) is 0 Å². The summed E-state index contributed by atoms with van der Waals surface area (Å²) < 4.78 is 0.692. The molecular weight excluding hydrogens is 344 g/mol. The minimum absolute atomic E-state index is 0.0668. The van der Waals surface area contributed by atoms with E-state index in [9.17, 15) is 19.7 Å². The number of carbonyl (C=O) groups excluding carboxylic acids is 2. The Morgan fingerprint density at radius 3 is 2.52 bits per heavy atom. The van der Waals surface area contributed by atoms with Crippen LogP contribution in [0.3, 0.4) is 0 Å². The van der Waals surface area contributed by atoms with Crippen molar-refractivity contribution in [2.45, 2.75) is 0 Å². The van der Waals surface area contributed by atoms with Crippen LogP contribution in [0.1, 0.15) is 20.8 Å². The summed E-state index contributed by atoms with van der Waals surface area (Å²) in [5.41, 5.74) is 4.49. The average molecular weight is 353 g/mol. The molecule has 9 heteroatoms. The lowest BCUT2D eigenvalue weighted by atomic mass is 10.2. The molecule has 0 bridgehead atoms. The quantitative estimate of drug-likeness (QED) is 0.576. The first-order valence-corrected chi connectivity index (χ1v) is 6.46. The number of rotatable bonds is 3. The van der Waals surface area contributed by atoms with Gasteiger partial charge in [-0.15, -0.1) is 0 Å². The minimum Gasteiger partial charge on any atom is -0.356 e. The van der Waals surface area contributed by atoms with Crippen LogP contribution >= 0.6 is 15.9 Å². The number of H-pyrrole nitrogens is 1. The van der Waals surface area contributed by atoms with Crippen molar-refractivity contribution in [3.63, 3.8) is 0 Å². The van der Waals surface area contributed by atoms with Crippen LogP contribution < -0.4 is 10.9 Å². The topological polar surface area (TPSA) is 117 Å². The molecule has 108 valence electrons. The fourth-order valence-electron chi connectivity index (χ4n) is 1.51. The van der Waals surface area contributed by atoms with Gasteiger partial charge in [0.25, 0.3) is 17.5 Å². The molecule has 3 N–H and O–H groups in total. The fourth-order valence-corrected chi connectivity index (χ4v) is 1.86. The van der Waals surface area contributed by atoms with Gasteiger partial charge in [0, 0.05) is 28.4 Å². The van der Waals surface area contributed by atoms with E-state index in [1.54, 1.807) is 6.20 Å². The molecular formula is C12H9BrN4O4. The van der Waals surface area contributed by atoms with Crippen molar-refractivity contribution in [1.82, 2.24) is 15.8 Å². The van der Waals surface area contributed by atoms with Gasteiger partial charge in [0.1, 0.15) is 5.69 Å². The van der Waals surface area contributed by atoms with Crippen LogP contribution in [0.25, 0.3) is 0 Å². The van der Waals surface area contributed by atoms with Gasteiger partial charge in [0.2, 0.25) is 0 Å². The summed E-state index contributed by atoms with van der Waals surface area (Å²) in [6, 6.07) is 6.71. The Labute approximate surface area is 126 Å². The van der Waals surface area contributed by atoms with Gasteiger partial charge >= 0.3 is 0 Å². The second kappa shape index (κ2) is 6.18. The largest absolute Gasteiger partial charge is 0.356 e. The van der Waals surface area contributed by atoms with Gasteiger partial charge in [-0.25, -0.2) is 0 Å². The van der Waals surface area contributed by atoms with Gasteiger partial charge < -0.3 is 4.98 Å². The average Bonchev–Trinajstić information content (AvgIpc) is 2.91. The molecule has 21 heavy (non-hydrogen) atoms. The standard InChI is InChI=1S/C12H9BrN4O4/c13-8-5-10(14-6-8)12(19)16-15-11(18)7-2-1-3-9(4-7)17(20)21/h1-6,14H,(H,15,18)(H,16,19). The van der Waals surface area contributed by atoms with E-state index in [1.165, 1.54) is 24.3 Å². The second-order valence-electron chi connectivity index (χ2n) is 3.95. The zero-order chi connectivity index (χ0) is 15.4. The molecule has 0 radical (unpaired) electrons. The fraction of sp³-hybridized carbons (Fsp3) is 0. The molecule has 1 heterocycles. The first-order chi connectivity index (χ1) is 9.97. The zero-order valence-electron chi connectivity index (χ0n) is 10.4. The number of aromatic nitrogens is 1. The summed E-state index contributed by atoms with van der Waals surface area (Å²) in [6.45, 7) is 0. The van der Waals surface area contributed by atoms with Gasteiger partial charge in [-0.3, -0.25) is 30.6 Å². The van der Waals surface area contributed by atoms with Crippen LogP contribution in [-0.4, -0.2) is 21.7 Å². The highest BCUT2D eigenvalue weighted by atomic mass is 79.9. The lowest BCUT2D eigenvalue weighted by Crippen LogP contribution is -2.41. The van der Waals surface area contributed by atoms with Crippen molar-refractivity contribution in [3.8, 4) is 0 Å². The smallest absolute Gasteiger partial charge is 0.286 e. The number of halogens is 1. The van der Waals surface area contributed by atoms with E-state index in [4.69, 9.17) is 0 Å². The number of hydrogen-bond donors (Lipinski definition) is 3. The summed E-state index contributed by atoms with van der Waals surface area (Å²) in [6.07, 6.45) is 1.57. The SMILES string of the molecule is O=C(NNC(=O)c1cc(Br)c[nH]1)c1cccc([N+](=O)[O-])c1. The van der Waals surface area contributed by atoms with Crippen LogP contribution in [0.4, 0.5) is 5.69 Å². The van der Waals surface area contributed by atoms with Crippen molar-refractivity contribution in [1.29, 1.82) is 0 Å². The van der Waals surface area contributed by atoms with Crippen LogP contribution in [0.15, 0.2) is 41.0 Å². The molecule has 0 aliphatic carbocycles. The molecule has 2 amide bonds. The van der Waals surface area contributed by atoms with Crippen molar-refractivity contribution >= 4 is 33.4 Å². The van der Waals surface area contributed by atoms with Crippen molar-refractivity contribution in [3.05, 3.63) is 62.4 Å². The van der Waals surface area contributed by atoms with Crippen LogP contribution in [-0.2, 0) is 0 Å². The molecule has 0 saturated heterocycles. The summed E-state index contributed by atoms with van der Waals surface area (Å²) in [7, 11) is 0. The number of hydrogen-bond acceptors (Lipinski definition) is 4. The van der Waals surface area contributed by atoms with E-state index in [1.807, 2.05) is 0 Å². The Hall–Kier alpha value is -2.68. The number of non-ortho nitro benzene ring substituents is 1. The van der Waals surface area contributed by atoms with Crippen molar-refractivity contribution in [2.75, 3.05) is 0 Å². The highest BCUT2D eigenvalue weighted by Crippen LogP contribution is 2.13. The molecule has 0 aliphatic heterocycles. The number of nitro benzene ring substituents is 1. The van der Waals surface area contributed by atoms with Crippen LogP contribution in [0.5, 0.6) is 0 Å². The number of nitro groups is 1. The zero-order valence-corrected chi connectivity index (χ0v) is 12.0. The molecule has 2 aromatic rings. The molecule has 0 fully saturated rings. The molecule has 1 aromatic carbocycles. The number of nitrogens with zero attached hydrogens (tertiary/aromatic N) is 1. The summed E-state index contributed by atoms with van der Waals surface area (Å²) >= 11 is 3.18. The predicted molar refractivity (Wildman–Crippen MR) is 76.5 cm³/mol. The molecule has 0 atom stereocenters. The first kappa shape index (κ1) is 14.7. The molecule has 0 saturated carbocycles. The second-order valence-corrected chi connectivity index (χ2v) is 4.86. The van der Waals surface area contributed by atoms with E-state index in [0.717, 1.165) is 6.07 Å². The predicted octanol–water partition coefficient (Wildman–Crippen LogP) is 1.76. The highest BCUT2D eigenvalue weighted by Gasteiger charge is 2.13. The Kier molecular flexibility index (Phi) is 4.33. The molecule has 2 rings (SSSR count). The normalized spacial score (nSPS) is 9.95. The van der Waals surface area contributed by atoms with Gasteiger partial charge in [0.05, 0.1) is 4.92 Å². The molecule has 0 spiro atoms. The van der Waals surface area contributed by atoms with E-state index >= 15 is 0 Å². The van der Waals surface area contributed by atoms with Gasteiger partial charge in [-0.05, 0) is 28.1 Å². The number of amides is 2. The first-order valence-electron chi connectivity index (χ1n) is 5.66. The Bertz CT molecular complexity index is 713. The lowest BCUT2D eigenvalue weighted by Gasteiger charge is -2.06. The summed E-state index contributed by atoms with van der Waals surface area (Å²) in [5.74, 6) is -1.20. The third-order valence-electron chi connectivity index (χ3n) is 2.50. The molecule has 0 unspecified atom stereocenters. The molecule has 1 aromatic heterocycles. The monoisotopic (exact) mass is 352 g/mol. The Balaban J connectivity index is 2.00. The third-order valence-corrected chi connectivity index (χ3v) is 2.96. The van der Waals surface area contributed by atoms with E-state index in [0.29, 0.717) is 4.47 Å². The molecule has 8 nitrogen and oxygen atoms in total. The number of hydrazine groups is 1. The summed E-state index contributed by atoms with van der Waals surface area (Å²) in [4.78, 5) is 36.2. The van der Waals surface area contributed by atoms with Gasteiger partial charge in [-0.1, -0.05) is 6.07 Å². The third kappa shape index (κ3) is 3.66. The Morgan fingerprint density at radius 2 is 1.90 bits per heavy atom. The minimum atomic E-state index is -0.655. The molecule has 0 aliphatic rings. The van der Waals surface area contributed by atoms with E-state index in [2.05, 4.69) is 31.8 Å². The lowest BCUT2D eigenvalue weighted by molar-refractivity contribution is -0.384. The maximum Gasteiger partial charge on any atom is 0.286 e. The number of nitrogens with one attached hydrogen (secondary N) is 3. The Morgan fingerprint density at radius 1 is 1.19 bits per heavy atom. The maximum absolute atomic E-state index is 11.8. The van der Waals surface area contributed by atoms with Crippen molar-refractivity contribution in [2.24, 2.45) is 0 Å². The van der Waals surface area contributed by atoms with E-state index in [-0.39, 0.29) is 16.9 Å². The van der Waals surface area contributed by atoms with Gasteiger partial charge in [0.15, 0.2) is 0 Å². The van der Waals surface area contributed by atoms with E-state index < -0.39 is 16.7 Å². The van der Waals surface area contributed by atoms with Crippen molar-refractivity contribution < 1.29 is 14.5 Å². The highest BCUT2D eigenvalue weighted by molar-refractivity contribution is 9.10. The number of benzene rings is 1. The maximum atomic E-state index is 11.8. The number of carbonyl (C=O) groups is 2. The summed E-state index contributed by atoms with van der Waals surface area (Å²) in [5, 5.41) is 10.6. The number of aromatic amines is 1.